The number of halogens is 3. The van der Waals surface area contributed by atoms with E-state index in [4.69, 9.17) is 28.9 Å². The second kappa shape index (κ2) is 10.2. The maximum atomic E-state index is 13.7. The Morgan fingerprint density at radius 3 is 2.69 bits per heavy atom. The molecule has 1 fully saturated rings. The van der Waals surface area contributed by atoms with Crippen LogP contribution in [0.1, 0.15) is 16.8 Å². The van der Waals surface area contributed by atoms with E-state index in [9.17, 15) is 23.9 Å². The number of nitrogens with two attached hydrogens (primary N) is 1. The quantitative estimate of drug-likeness (QED) is 0.321. The van der Waals surface area contributed by atoms with Gasteiger partial charge in [-0.05, 0) is 24.1 Å². The van der Waals surface area contributed by atoms with E-state index < -0.39 is 29.3 Å². The van der Waals surface area contributed by atoms with E-state index in [-0.39, 0.29) is 39.7 Å². The molecule has 0 spiro atoms. The molecule has 1 aliphatic heterocycles. The third kappa shape index (κ3) is 5.00. The van der Waals surface area contributed by atoms with Gasteiger partial charge in [0.2, 0.25) is 5.91 Å². The van der Waals surface area contributed by atoms with Crippen LogP contribution in [0, 0.1) is 0 Å². The van der Waals surface area contributed by atoms with Crippen LogP contribution in [0.5, 0.6) is 5.75 Å². The molecule has 202 valence electrons. The van der Waals surface area contributed by atoms with Crippen molar-refractivity contribution in [3.8, 4) is 16.9 Å². The summed E-state index contributed by atoms with van der Waals surface area (Å²) < 4.78 is 16.4. The zero-order chi connectivity index (χ0) is 28.0. The minimum absolute atomic E-state index is 0.138. The van der Waals surface area contributed by atoms with Crippen LogP contribution in [0.3, 0.4) is 0 Å². The average molecular weight is 574 g/mol. The van der Waals surface area contributed by atoms with E-state index in [1.54, 1.807) is 11.0 Å². The van der Waals surface area contributed by atoms with Crippen LogP contribution in [0.2, 0.25) is 10.0 Å². The van der Waals surface area contributed by atoms with Crippen molar-refractivity contribution in [2.75, 3.05) is 23.3 Å². The van der Waals surface area contributed by atoms with Gasteiger partial charge in [-0.1, -0.05) is 23.2 Å². The number of amides is 2. The van der Waals surface area contributed by atoms with Crippen molar-refractivity contribution in [2.24, 2.45) is 12.8 Å². The smallest absolute Gasteiger partial charge is 0.263 e. The number of carbonyl (C=O) groups is 2. The van der Waals surface area contributed by atoms with Crippen LogP contribution in [0.4, 0.5) is 15.9 Å². The van der Waals surface area contributed by atoms with Gasteiger partial charge in [-0.3, -0.25) is 14.4 Å². The number of carbonyl (C=O) groups excluding carboxylic acids is 2. The number of anilines is 2. The van der Waals surface area contributed by atoms with E-state index in [1.165, 1.54) is 47.0 Å². The van der Waals surface area contributed by atoms with Gasteiger partial charge in [-0.25, -0.2) is 14.4 Å². The van der Waals surface area contributed by atoms with Gasteiger partial charge in [0.1, 0.15) is 29.9 Å². The van der Waals surface area contributed by atoms with Crippen LogP contribution in [-0.4, -0.2) is 55.3 Å². The summed E-state index contributed by atoms with van der Waals surface area (Å²) in [7, 11) is 1.52. The summed E-state index contributed by atoms with van der Waals surface area (Å²) in [5.74, 6) is -1.38. The second-order valence-corrected chi connectivity index (χ2v) is 9.97. The van der Waals surface area contributed by atoms with Crippen LogP contribution >= 0.6 is 23.2 Å². The standard InChI is InChI=1S/C25H22Cl2FN7O4/c1-33-11-31-24-21(25(33)39)15(12-4-14(23(29)38)22(37)16(26)5-12)9-35(24)10-20(36)32-18-6-19(30-7-17(18)27)34-3-2-13(28)8-34/h4-7,9,11,13,37H,2-3,8,10H2,1H3,(H2,29,38)(H,30,32,36)/t13-/m0/s1. The number of nitrogens with zero attached hydrogens (tertiary/aromatic N) is 5. The molecule has 1 aliphatic rings. The first-order chi connectivity index (χ1) is 18.5. The third-order valence-electron chi connectivity index (χ3n) is 6.46. The summed E-state index contributed by atoms with van der Waals surface area (Å²) in [5, 5.41) is 13.1. The predicted octanol–water partition coefficient (Wildman–Crippen LogP) is 3.10. The summed E-state index contributed by atoms with van der Waals surface area (Å²) in [6.45, 7) is 0.454. The molecule has 39 heavy (non-hydrogen) atoms. The van der Waals surface area contributed by atoms with E-state index in [0.717, 1.165) is 0 Å². The summed E-state index contributed by atoms with van der Waals surface area (Å²) >= 11 is 12.4. The monoisotopic (exact) mass is 573 g/mol. The molecule has 0 radical (unpaired) electrons. The van der Waals surface area contributed by atoms with Crippen molar-refractivity contribution >= 4 is 57.6 Å². The summed E-state index contributed by atoms with van der Waals surface area (Å²) in [6.07, 6.45) is 3.69. The lowest BCUT2D eigenvalue weighted by molar-refractivity contribution is -0.116. The molecule has 14 heteroatoms. The lowest BCUT2D eigenvalue weighted by atomic mass is 10.0. The van der Waals surface area contributed by atoms with Gasteiger partial charge in [-0.15, -0.1) is 0 Å². The zero-order valence-corrected chi connectivity index (χ0v) is 22.0. The van der Waals surface area contributed by atoms with Gasteiger partial charge in [-0.2, -0.15) is 0 Å². The van der Waals surface area contributed by atoms with Gasteiger partial charge < -0.3 is 30.2 Å². The number of phenols is 1. The van der Waals surface area contributed by atoms with Crippen molar-refractivity contribution in [1.29, 1.82) is 0 Å². The molecule has 11 nitrogen and oxygen atoms in total. The van der Waals surface area contributed by atoms with Crippen molar-refractivity contribution in [3.63, 3.8) is 0 Å². The summed E-state index contributed by atoms with van der Waals surface area (Å²) in [4.78, 5) is 48.4. The van der Waals surface area contributed by atoms with Gasteiger partial charge in [0.15, 0.2) is 0 Å². The molecule has 3 aromatic heterocycles. The van der Waals surface area contributed by atoms with E-state index in [2.05, 4.69) is 15.3 Å². The van der Waals surface area contributed by atoms with Crippen molar-refractivity contribution in [1.82, 2.24) is 19.1 Å². The molecule has 1 atom stereocenters. The number of aryl methyl sites for hydroxylation is 1. The molecule has 1 saturated heterocycles. The van der Waals surface area contributed by atoms with Gasteiger partial charge in [0.25, 0.3) is 11.5 Å². The number of primary amides is 1. The number of aromatic hydroxyl groups is 1. The number of hydrogen-bond acceptors (Lipinski definition) is 7. The third-order valence-corrected chi connectivity index (χ3v) is 7.05. The predicted molar refractivity (Wildman–Crippen MR) is 145 cm³/mol. The Bertz CT molecular complexity index is 1700. The molecule has 0 aliphatic carbocycles. The van der Waals surface area contributed by atoms with Crippen LogP contribution in [0.15, 0.2) is 41.7 Å². The number of rotatable bonds is 6. The molecule has 1 aromatic carbocycles. The molecule has 0 unspecified atom stereocenters. The average Bonchev–Trinajstić information content (AvgIpc) is 3.48. The largest absolute Gasteiger partial charge is 0.506 e. The Morgan fingerprint density at radius 1 is 1.23 bits per heavy atom. The summed E-state index contributed by atoms with van der Waals surface area (Å²) in [5.41, 5.74) is 5.90. The second-order valence-electron chi connectivity index (χ2n) is 9.15. The molecule has 4 heterocycles. The number of fused-ring (bicyclic) bond motifs is 1. The highest BCUT2D eigenvalue weighted by Gasteiger charge is 2.24. The molecular formula is C25H22Cl2FN7O4. The van der Waals surface area contributed by atoms with Crippen molar-refractivity contribution < 1.29 is 19.1 Å². The molecule has 0 saturated carbocycles. The normalized spacial score (nSPS) is 15.2. The molecule has 4 N–H and O–H groups in total. The molecular weight excluding hydrogens is 552 g/mol. The first-order valence-corrected chi connectivity index (χ1v) is 12.5. The maximum Gasteiger partial charge on any atom is 0.263 e. The lowest BCUT2D eigenvalue weighted by Gasteiger charge is -2.18. The Labute approximate surface area is 230 Å². The Hall–Kier alpha value is -4.16. The molecule has 0 bridgehead atoms. The van der Waals surface area contributed by atoms with Gasteiger partial charge in [0.05, 0.1) is 45.8 Å². The molecule has 5 rings (SSSR count). The highest BCUT2D eigenvalue weighted by atomic mass is 35.5. The minimum atomic E-state index is -0.945. The number of hydrogen-bond donors (Lipinski definition) is 3. The SMILES string of the molecule is Cn1cnc2c(c(-c3cc(Cl)c(O)c(C(N)=O)c3)cn2CC(=O)Nc2cc(N3CC[C@H](F)C3)ncc2Cl)c1=O. The molecule has 2 amide bonds. The summed E-state index contributed by atoms with van der Waals surface area (Å²) in [6, 6.07) is 4.27. The van der Waals surface area contributed by atoms with Gasteiger partial charge >= 0.3 is 0 Å². The fourth-order valence-corrected chi connectivity index (χ4v) is 4.88. The van der Waals surface area contributed by atoms with Crippen molar-refractivity contribution in [3.05, 3.63) is 62.9 Å². The fraction of sp³-hybridized carbons (Fsp3) is 0.240. The van der Waals surface area contributed by atoms with E-state index in [1.807, 2.05) is 0 Å². The number of aromatic nitrogens is 4. The Kier molecular flexibility index (Phi) is 6.91. The highest BCUT2D eigenvalue weighted by Crippen LogP contribution is 2.36. The van der Waals surface area contributed by atoms with Crippen LogP contribution < -0.4 is 21.5 Å². The highest BCUT2D eigenvalue weighted by molar-refractivity contribution is 6.34. The number of benzene rings is 1. The van der Waals surface area contributed by atoms with Gasteiger partial charge in [0, 0.05) is 31.4 Å². The number of pyridine rings is 1. The van der Waals surface area contributed by atoms with Crippen LogP contribution in [0.25, 0.3) is 22.2 Å². The Balaban J connectivity index is 1.51. The van der Waals surface area contributed by atoms with Crippen LogP contribution in [-0.2, 0) is 18.4 Å². The van der Waals surface area contributed by atoms with E-state index in [0.29, 0.717) is 35.6 Å². The van der Waals surface area contributed by atoms with E-state index >= 15 is 0 Å². The Morgan fingerprint density at radius 2 is 2.00 bits per heavy atom. The fourth-order valence-electron chi connectivity index (χ4n) is 4.51. The zero-order valence-electron chi connectivity index (χ0n) is 20.5. The number of alkyl halides is 1. The first-order valence-electron chi connectivity index (χ1n) is 11.7. The topological polar surface area (TPSA) is 148 Å². The number of nitrogens with one attached hydrogen (secondary N) is 1. The first kappa shape index (κ1) is 26.4. The minimum Gasteiger partial charge on any atom is -0.506 e. The van der Waals surface area contributed by atoms with Crippen molar-refractivity contribution in [2.45, 2.75) is 19.1 Å². The lowest BCUT2D eigenvalue weighted by Crippen LogP contribution is -2.22. The maximum absolute atomic E-state index is 13.7. The molecule has 4 aromatic rings.